The van der Waals surface area contributed by atoms with Gasteiger partial charge in [-0.05, 0) is 49.6 Å². The highest BCUT2D eigenvalue weighted by Crippen LogP contribution is 2.33. The Bertz CT molecular complexity index is 879. The molecule has 31 heavy (non-hydrogen) atoms. The number of likely N-dealkylation sites (tertiary alicyclic amines) is 1. The second kappa shape index (κ2) is 9.92. The number of benzene rings is 1. The predicted molar refractivity (Wildman–Crippen MR) is 118 cm³/mol. The molecule has 0 radical (unpaired) electrons. The zero-order valence-electron chi connectivity index (χ0n) is 18.1. The van der Waals surface area contributed by atoms with Gasteiger partial charge in [-0.1, -0.05) is 18.2 Å². The fourth-order valence-corrected chi connectivity index (χ4v) is 4.41. The predicted octanol–water partition coefficient (Wildman–Crippen LogP) is 2.60. The monoisotopic (exact) mass is 422 g/mol. The van der Waals surface area contributed by atoms with E-state index in [0.29, 0.717) is 45.0 Å². The molecule has 0 aliphatic carbocycles. The van der Waals surface area contributed by atoms with Crippen molar-refractivity contribution < 1.29 is 14.3 Å². The van der Waals surface area contributed by atoms with Crippen LogP contribution in [0.2, 0.25) is 0 Å². The van der Waals surface area contributed by atoms with Crippen LogP contribution in [-0.2, 0) is 4.79 Å². The number of nitrogens with zero attached hydrogens (tertiary/aromatic N) is 4. The molecule has 4 rings (SSSR count). The molecule has 2 amide bonds. The van der Waals surface area contributed by atoms with E-state index in [4.69, 9.17) is 4.74 Å². The zero-order valence-corrected chi connectivity index (χ0v) is 18.1. The summed E-state index contributed by atoms with van der Waals surface area (Å²) in [4.78, 5) is 35.8. The number of ether oxygens (including phenoxy) is 1. The normalized spacial score (nSPS) is 19.5. The van der Waals surface area contributed by atoms with Crippen molar-refractivity contribution in [3.63, 3.8) is 0 Å². The standard InChI is InChI=1S/C24H30N4O3/c1-2-31-20-10-8-19(9-11-20)22-7-5-13-28(22)23(29)18-26-14-16-27(17-15-26)24(30)21-6-3-4-12-25-21/h3-4,6,8-12,22H,2,5,7,13-18H2,1H3. The maximum Gasteiger partial charge on any atom is 0.272 e. The van der Waals surface area contributed by atoms with E-state index in [9.17, 15) is 9.59 Å². The molecule has 2 fully saturated rings. The summed E-state index contributed by atoms with van der Waals surface area (Å²) in [5, 5.41) is 0. The van der Waals surface area contributed by atoms with Crippen LogP contribution in [0.3, 0.4) is 0 Å². The first-order valence-electron chi connectivity index (χ1n) is 11.1. The van der Waals surface area contributed by atoms with Crippen molar-refractivity contribution in [2.75, 3.05) is 45.9 Å². The van der Waals surface area contributed by atoms with E-state index < -0.39 is 0 Å². The van der Waals surface area contributed by atoms with E-state index in [0.717, 1.165) is 25.1 Å². The summed E-state index contributed by atoms with van der Waals surface area (Å²) in [5.74, 6) is 0.989. The smallest absolute Gasteiger partial charge is 0.272 e. The van der Waals surface area contributed by atoms with Crippen LogP contribution in [0.1, 0.15) is 41.9 Å². The molecule has 0 saturated carbocycles. The van der Waals surface area contributed by atoms with E-state index in [1.165, 1.54) is 5.56 Å². The Kier molecular flexibility index (Phi) is 6.82. The van der Waals surface area contributed by atoms with Gasteiger partial charge in [0.1, 0.15) is 11.4 Å². The molecule has 2 aliphatic heterocycles. The number of rotatable bonds is 6. The fraction of sp³-hybridized carbons (Fsp3) is 0.458. The zero-order chi connectivity index (χ0) is 21.6. The van der Waals surface area contributed by atoms with Gasteiger partial charge in [0.05, 0.1) is 19.2 Å². The molecule has 0 bridgehead atoms. The third-order valence-electron chi connectivity index (χ3n) is 6.05. The van der Waals surface area contributed by atoms with E-state index in [1.54, 1.807) is 18.3 Å². The first kappa shape index (κ1) is 21.3. The van der Waals surface area contributed by atoms with Crippen molar-refractivity contribution in [3.8, 4) is 5.75 Å². The first-order chi connectivity index (χ1) is 15.2. The molecule has 1 atom stereocenters. The molecule has 1 aromatic heterocycles. The first-order valence-corrected chi connectivity index (χ1v) is 11.1. The van der Waals surface area contributed by atoms with E-state index in [1.807, 2.05) is 34.9 Å². The summed E-state index contributed by atoms with van der Waals surface area (Å²) < 4.78 is 5.53. The number of pyridine rings is 1. The Labute approximate surface area is 183 Å². The van der Waals surface area contributed by atoms with Crippen LogP contribution in [0.4, 0.5) is 0 Å². The largest absolute Gasteiger partial charge is 0.494 e. The van der Waals surface area contributed by atoms with Crippen LogP contribution >= 0.6 is 0 Å². The number of hydrogen-bond donors (Lipinski definition) is 0. The number of hydrogen-bond acceptors (Lipinski definition) is 5. The lowest BCUT2D eigenvalue weighted by Crippen LogP contribution is -2.51. The summed E-state index contributed by atoms with van der Waals surface area (Å²) in [5.41, 5.74) is 1.64. The lowest BCUT2D eigenvalue weighted by Gasteiger charge is -2.35. The maximum absolute atomic E-state index is 13.1. The number of carbonyl (C=O) groups is 2. The average Bonchev–Trinajstić information content (AvgIpc) is 3.31. The molecule has 1 aromatic carbocycles. The van der Waals surface area contributed by atoms with Crippen molar-refractivity contribution in [3.05, 3.63) is 59.9 Å². The van der Waals surface area contributed by atoms with E-state index >= 15 is 0 Å². The van der Waals surface area contributed by atoms with Crippen LogP contribution in [0, 0.1) is 0 Å². The van der Waals surface area contributed by atoms with Crippen LogP contribution < -0.4 is 4.74 Å². The van der Waals surface area contributed by atoms with Gasteiger partial charge < -0.3 is 14.5 Å². The van der Waals surface area contributed by atoms with Gasteiger partial charge in [0.15, 0.2) is 0 Å². The number of carbonyl (C=O) groups excluding carboxylic acids is 2. The SMILES string of the molecule is CCOc1ccc(C2CCCN2C(=O)CN2CCN(C(=O)c3ccccn3)CC2)cc1. The van der Waals surface area contributed by atoms with Crippen LogP contribution in [0.15, 0.2) is 48.7 Å². The minimum atomic E-state index is -0.0401. The van der Waals surface area contributed by atoms with Crippen molar-refractivity contribution in [2.24, 2.45) is 0 Å². The molecule has 2 saturated heterocycles. The highest BCUT2D eigenvalue weighted by Gasteiger charge is 2.32. The molecule has 3 heterocycles. The van der Waals surface area contributed by atoms with Gasteiger partial charge in [-0.2, -0.15) is 0 Å². The van der Waals surface area contributed by atoms with Crippen LogP contribution in [0.25, 0.3) is 0 Å². The fourth-order valence-electron chi connectivity index (χ4n) is 4.41. The molecule has 2 aliphatic rings. The summed E-state index contributed by atoms with van der Waals surface area (Å²) in [6.07, 6.45) is 3.65. The van der Waals surface area contributed by atoms with E-state index in [2.05, 4.69) is 22.0 Å². The van der Waals surface area contributed by atoms with Crippen molar-refractivity contribution in [1.29, 1.82) is 0 Å². The molecule has 0 N–H and O–H groups in total. The third-order valence-corrected chi connectivity index (χ3v) is 6.05. The molecular weight excluding hydrogens is 392 g/mol. The summed E-state index contributed by atoms with van der Waals surface area (Å²) >= 11 is 0. The van der Waals surface area contributed by atoms with Crippen LogP contribution in [-0.4, -0.2) is 77.4 Å². The molecule has 0 spiro atoms. The van der Waals surface area contributed by atoms with Gasteiger partial charge in [0.25, 0.3) is 5.91 Å². The van der Waals surface area contributed by atoms with E-state index in [-0.39, 0.29) is 17.9 Å². The number of piperazine rings is 1. The van der Waals surface area contributed by atoms with Crippen LogP contribution in [0.5, 0.6) is 5.75 Å². The highest BCUT2D eigenvalue weighted by molar-refractivity contribution is 5.92. The quantitative estimate of drug-likeness (QED) is 0.716. The second-order valence-corrected chi connectivity index (χ2v) is 8.03. The average molecular weight is 423 g/mol. The Morgan fingerprint density at radius 1 is 1.03 bits per heavy atom. The molecule has 7 nitrogen and oxygen atoms in total. The van der Waals surface area contributed by atoms with Gasteiger partial charge in [0, 0.05) is 38.9 Å². The van der Waals surface area contributed by atoms with Gasteiger partial charge in [-0.3, -0.25) is 19.5 Å². The maximum atomic E-state index is 13.1. The lowest BCUT2D eigenvalue weighted by molar-refractivity contribution is -0.133. The molecule has 164 valence electrons. The van der Waals surface area contributed by atoms with Gasteiger partial charge >= 0.3 is 0 Å². The summed E-state index contributed by atoms with van der Waals surface area (Å²) in [7, 11) is 0. The highest BCUT2D eigenvalue weighted by atomic mass is 16.5. The molecule has 2 aromatic rings. The van der Waals surface area contributed by atoms with Crippen molar-refractivity contribution >= 4 is 11.8 Å². The Morgan fingerprint density at radius 3 is 2.48 bits per heavy atom. The van der Waals surface area contributed by atoms with Gasteiger partial charge in [0.2, 0.25) is 5.91 Å². The molecular formula is C24H30N4O3. The van der Waals surface area contributed by atoms with Gasteiger partial charge in [-0.15, -0.1) is 0 Å². The molecule has 1 unspecified atom stereocenters. The summed E-state index contributed by atoms with van der Waals surface area (Å²) in [6, 6.07) is 13.6. The Balaban J connectivity index is 1.30. The number of amides is 2. The minimum absolute atomic E-state index is 0.0401. The second-order valence-electron chi connectivity index (χ2n) is 8.03. The third kappa shape index (κ3) is 5.05. The lowest BCUT2D eigenvalue weighted by atomic mass is 10.0. The van der Waals surface area contributed by atoms with Gasteiger partial charge in [-0.25, -0.2) is 0 Å². The van der Waals surface area contributed by atoms with Crippen molar-refractivity contribution in [1.82, 2.24) is 19.7 Å². The molecule has 7 heteroatoms. The summed E-state index contributed by atoms with van der Waals surface area (Å²) in [6.45, 7) is 6.45. The number of aromatic nitrogens is 1. The Morgan fingerprint density at radius 2 is 1.81 bits per heavy atom. The van der Waals surface area contributed by atoms with Crippen molar-refractivity contribution in [2.45, 2.75) is 25.8 Å². The topological polar surface area (TPSA) is 66.0 Å². The minimum Gasteiger partial charge on any atom is -0.494 e. The Hall–Kier alpha value is -2.93.